The molecule has 2 saturated heterocycles. The highest BCUT2D eigenvalue weighted by molar-refractivity contribution is 5.93. The van der Waals surface area contributed by atoms with Gasteiger partial charge in [0.1, 0.15) is 35.8 Å². The minimum atomic E-state index is -1.18. The minimum Gasteiger partial charge on any atom is -0.508 e. The van der Waals surface area contributed by atoms with Gasteiger partial charge in [0.25, 0.3) is 11.8 Å². The van der Waals surface area contributed by atoms with Crippen LogP contribution in [0.5, 0.6) is 5.75 Å². The lowest BCUT2D eigenvalue weighted by Crippen LogP contribution is -2.62. The molecule has 3 aliphatic rings. The molecule has 15 nitrogen and oxygen atoms in total. The molecule has 3 heterocycles. The first-order chi connectivity index (χ1) is 28.6. The molecule has 0 saturated carbocycles. The van der Waals surface area contributed by atoms with Gasteiger partial charge in [0, 0.05) is 38.4 Å². The molecule has 60 heavy (non-hydrogen) atoms. The molecule has 5 N–H and O–H groups in total. The number of fused-ring (bicyclic) bond motifs is 2. The first kappa shape index (κ1) is 47.6. The second-order valence-corrected chi connectivity index (χ2v) is 16.3. The van der Waals surface area contributed by atoms with Crippen LogP contribution < -0.4 is 16.1 Å². The molecule has 0 spiro atoms. The van der Waals surface area contributed by atoms with E-state index < -0.39 is 71.8 Å². The normalized spacial score (nSPS) is 28.2. The van der Waals surface area contributed by atoms with E-state index in [4.69, 9.17) is 9.57 Å². The molecule has 328 valence electrons. The Labute approximate surface area is 353 Å². The summed E-state index contributed by atoms with van der Waals surface area (Å²) in [5.74, 6) is -4.66. The number of nitrogens with zero attached hydrogens (tertiary/aromatic N) is 2. The number of carbonyl (C=O) groups excluding carboxylic acids is 6. The first-order valence-corrected chi connectivity index (χ1v) is 21.1. The van der Waals surface area contributed by atoms with Crippen molar-refractivity contribution < 1.29 is 48.6 Å². The smallest absolute Gasteiger partial charge is 0.325 e. The topological polar surface area (TPSA) is 204 Å². The molecule has 15 heteroatoms. The van der Waals surface area contributed by atoms with Crippen molar-refractivity contribution in [2.24, 2.45) is 17.8 Å². The van der Waals surface area contributed by atoms with Gasteiger partial charge in [-0.3, -0.25) is 33.8 Å². The Morgan fingerprint density at radius 3 is 2.42 bits per heavy atom. The van der Waals surface area contributed by atoms with E-state index in [2.05, 4.69) is 16.1 Å². The van der Waals surface area contributed by atoms with Crippen molar-refractivity contribution in [3.63, 3.8) is 0 Å². The zero-order chi connectivity index (χ0) is 43.8. The van der Waals surface area contributed by atoms with Gasteiger partial charge in [-0.05, 0) is 87.5 Å². The number of benzene rings is 1. The molecule has 2 bridgehead atoms. The molecule has 7 atom stereocenters. The molecular formula is C45H63N5O10. The number of ether oxygens (including phenoxy) is 1. The number of hydrogen-bond acceptors (Lipinski definition) is 11. The summed E-state index contributed by atoms with van der Waals surface area (Å²) in [4.78, 5) is 86.3. The summed E-state index contributed by atoms with van der Waals surface area (Å²) >= 11 is 0. The number of aromatic hydroxyl groups is 1. The number of esters is 1. The van der Waals surface area contributed by atoms with E-state index in [9.17, 15) is 39.0 Å². The van der Waals surface area contributed by atoms with E-state index >= 15 is 0 Å². The van der Waals surface area contributed by atoms with Crippen LogP contribution in [-0.4, -0.2) is 106 Å². The molecule has 4 rings (SSSR count). The summed E-state index contributed by atoms with van der Waals surface area (Å²) in [6.07, 6.45) is 13.5. The standard InChI is InChI=1S/C45H63N5O10/c1-29(2)40-43(56)46-37(28-33-17-13-18-34(52)27-33)44(57)49-24-14-19-36(48-49)45(58)60-38(30(3)16-12-21-39(53)50-25-10-11-26-59-50)20-9-7-6-8-15-31(4)41(54)35(42(55)47-40)23-22-32(5)51/h6-9,12-13,16-18,21,27,29,31,35-38,40-41,48,52,54H,10-11,14-15,19-20,22-26,28H2,1-5H3,(H,46,56)(H,47,55)/b8-6+,9-7+,21-12+,30-16+/t31?,35?,36?,37?,38-,40?,41?/m0/s1. The first-order valence-electron chi connectivity index (χ1n) is 21.1. The Bertz CT molecular complexity index is 1780. The maximum Gasteiger partial charge on any atom is 0.325 e. The molecule has 0 radical (unpaired) electrons. The predicted octanol–water partition coefficient (Wildman–Crippen LogP) is 3.91. The number of aliphatic hydroxyl groups excluding tert-OH is 1. The largest absolute Gasteiger partial charge is 0.508 e. The Morgan fingerprint density at radius 1 is 0.983 bits per heavy atom. The summed E-state index contributed by atoms with van der Waals surface area (Å²) in [5, 5.41) is 29.9. The van der Waals surface area contributed by atoms with Gasteiger partial charge in [0.15, 0.2) is 0 Å². The summed E-state index contributed by atoms with van der Waals surface area (Å²) in [5.41, 5.74) is 4.24. The van der Waals surface area contributed by atoms with Crippen LogP contribution in [0.2, 0.25) is 0 Å². The van der Waals surface area contributed by atoms with Crippen molar-refractivity contribution in [1.82, 2.24) is 26.1 Å². The highest BCUT2D eigenvalue weighted by atomic mass is 16.7. The van der Waals surface area contributed by atoms with Crippen LogP contribution in [0.1, 0.15) is 91.5 Å². The molecule has 1 aromatic carbocycles. The number of hydroxylamine groups is 2. The van der Waals surface area contributed by atoms with Gasteiger partial charge in [-0.2, -0.15) is 0 Å². The van der Waals surface area contributed by atoms with Crippen LogP contribution in [0, 0.1) is 17.8 Å². The lowest BCUT2D eigenvalue weighted by molar-refractivity contribution is -0.191. The van der Waals surface area contributed by atoms with Crippen LogP contribution in [0.4, 0.5) is 0 Å². The quantitative estimate of drug-likeness (QED) is 0.137. The summed E-state index contributed by atoms with van der Waals surface area (Å²) in [6.45, 7) is 9.72. The SMILES string of the molecule is CC(=O)CCC1C(=O)NC(C(C)C)C(=O)NC(Cc2cccc(O)c2)C(=O)N2CCCC(N2)C(=O)O[C@H](/C(C)=C/C=C/C(=O)N2CCCCO2)C/C=C/C=C/CC(C)C1O. The van der Waals surface area contributed by atoms with Crippen LogP contribution in [0.15, 0.2) is 72.4 Å². The number of phenols is 1. The number of nitrogens with one attached hydrogen (secondary N) is 3. The highest BCUT2D eigenvalue weighted by Crippen LogP contribution is 2.24. The molecule has 0 aromatic heterocycles. The number of hydrazine groups is 1. The van der Waals surface area contributed by atoms with Crippen molar-refractivity contribution in [2.45, 2.75) is 123 Å². The Morgan fingerprint density at radius 2 is 1.73 bits per heavy atom. The number of allylic oxidation sites excluding steroid dienone is 5. The van der Waals surface area contributed by atoms with Crippen LogP contribution in [0.25, 0.3) is 0 Å². The number of aliphatic hydroxyl groups is 1. The summed E-state index contributed by atoms with van der Waals surface area (Å²) < 4.78 is 6.07. The second kappa shape index (κ2) is 23.6. The number of cyclic esters (lactones) is 1. The van der Waals surface area contributed by atoms with Gasteiger partial charge in [0.2, 0.25) is 11.8 Å². The highest BCUT2D eigenvalue weighted by Gasteiger charge is 2.38. The third-order valence-corrected chi connectivity index (χ3v) is 10.9. The molecule has 6 unspecified atom stereocenters. The lowest BCUT2D eigenvalue weighted by atomic mass is 9.85. The fourth-order valence-corrected chi connectivity index (χ4v) is 7.28. The van der Waals surface area contributed by atoms with E-state index in [-0.39, 0.29) is 49.7 Å². The fraction of sp³-hybridized carbons (Fsp3) is 0.556. The Hall–Kier alpha value is -5.12. The van der Waals surface area contributed by atoms with Gasteiger partial charge in [-0.1, -0.05) is 69.4 Å². The zero-order valence-corrected chi connectivity index (χ0v) is 35.5. The maximum atomic E-state index is 14.3. The molecule has 0 aliphatic carbocycles. The monoisotopic (exact) mass is 833 g/mol. The summed E-state index contributed by atoms with van der Waals surface area (Å²) in [7, 11) is 0. The molecule has 2 fully saturated rings. The Kier molecular flexibility index (Phi) is 18.7. The summed E-state index contributed by atoms with van der Waals surface area (Å²) in [6, 6.07) is 3.12. The van der Waals surface area contributed by atoms with E-state index in [1.807, 2.05) is 12.2 Å². The third-order valence-electron chi connectivity index (χ3n) is 10.9. The lowest BCUT2D eigenvalue weighted by Gasteiger charge is -2.36. The van der Waals surface area contributed by atoms with Crippen molar-refractivity contribution in [3.05, 3.63) is 77.9 Å². The average Bonchev–Trinajstić information content (AvgIpc) is 3.22. The van der Waals surface area contributed by atoms with E-state index in [1.165, 1.54) is 35.2 Å². The van der Waals surface area contributed by atoms with Crippen LogP contribution >= 0.6 is 0 Å². The second-order valence-electron chi connectivity index (χ2n) is 16.3. The predicted molar refractivity (Wildman–Crippen MR) is 224 cm³/mol. The number of amides is 4. The molecule has 1 aromatic rings. The van der Waals surface area contributed by atoms with Gasteiger partial charge < -0.3 is 30.4 Å². The van der Waals surface area contributed by atoms with Crippen molar-refractivity contribution in [3.8, 4) is 5.75 Å². The van der Waals surface area contributed by atoms with Crippen molar-refractivity contribution >= 4 is 35.4 Å². The van der Waals surface area contributed by atoms with E-state index in [0.717, 1.165) is 12.8 Å². The minimum absolute atomic E-state index is 0.0195. The van der Waals surface area contributed by atoms with E-state index in [0.29, 0.717) is 43.6 Å². The Balaban J connectivity index is 1.67. The third kappa shape index (κ3) is 14.6. The fourth-order valence-electron chi connectivity index (χ4n) is 7.28. The number of hydrogen-bond donors (Lipinski definition) is 5. The van der Waals surface area contributed by atoms with Crippen molar-refractivity contribution in [1.29, 1.82) is 0 Å². The van der Waals surface area contributed by atoms with Crippen molar-refractivity contribution in [2.75, 3.05) is 19.7 Å². The average molecular weight is 834 g/mol. The number of carbonyl (C=O) groups is 6. The number of Topliss-reactive ketones (excluding diaryl/α,β-unsaturated/α-hetero) is 1. The van der Waals surface area contributed by atoms with Gasteiger partial charge in [0.05, 0.1) is 18.6 Å². The van der Waals surface area contributed by atoms with Crippen LogP contribution in [0.3, 0.4) is 0 Å². The van der Waals surface area contributed by atoms with Gasteiger partial charge >= 0.3 is 5.97 Å². The molecule has 4 amide bonds. The van der Waals surface area contributed by atoms with Gasteiger partial charge in [-0.25, -0.2) is 10.5 Å². The number of ketones is 1. The number of phenolic OH excluding ortho intramolecular Hbond substituents is 1. The molecule has 3 aliphatic heterocycles. The van der Waals surface area contributed by atoms with Crippen LogP contribution in [-0.2, 0) is 44.8 Å². The number of rotatable bonds is 9. The maximum absolute atomic E-state index is 14.3. The van der Waals surface area contributed by atoms with E-state index in [1.54, 1.807) is 64.1 Å². The molecular weight excluding hydrogens is 771 g/mol. The van der Waals surface area contributed by atoms with Gasteiger partial charge in [-0.15, -0.1) is 0 Å². The zero-order valence-electron chi connectivity index (χ0n) is 35.5.